The largest absolute Gasteiger partial charge is 0.444 e. The molecule has 2 aliphatic rings. The number of fused-ring (bicyclic) bond motifs is 1. The van der Waals surface area contributed by atoms with Gasteiger partial charge in [-0.05, 0) is 120 Å². The monoisotopic (exact) mass is 794 g/mol. The first-order valence-corrected chi connectivity index (χ1v) is 19.9. The first kappa shape index (κ1) is 40.9. The Morgan fingerprint density at radius 1 is 0.897 bits per heavy atom. The van der Waals surface area contributed by atoms with E-state index in [9.17, 15) is 19.1 Å². The van der Waals surface area contributed by atoms with Gasteiger partial charge in [0.2, 0.25) is 0 Å². The molecule has 0 radical (unpaired) electrons. The van der Waals surface area contributed by atoms with Crippen LogP contribution in [-0.2, 0) is 21.6 Å². The number of likely N-dealkylation sites (tertiary alicyclic amines) is 2. The van der Waals surface area contributed by atoms with Crippen LogP contribution >= 0.6 is 0 Å². The summed E-state index contributed by atoms with van der Waals surface area (Å²) in [5, 5.41) is 13.6. The zero-order chi connectivity index (χ0) is 41.4. The molecule has 0 saturated carbocycles. The van der Waals surface area contributed by atoms with Crippen molar-refractivity contribution in [2.24, 2.45) is 0 Å². The fraction of sp³-hybridized carbons (Fsp3) is 0.422. The van der Waals surface area contributed by atoms with Crippen LogP contribution in [0.3, 0.4) is 0 Å². The fourth-order valence-electron chi connectivity index (χ4n) is 7.66. The van der Waals surface area contributed by atoms with Crippen LogP contribution in [0.15, 0.2) is 67.0 Å². The third kappa shape index (κ3) is 9.54. The Morgan fingerprint density at radius 2 is 1.57 bits per heavy atom. The number of carbonyl (C=O) groups excluding carboxylic acids is 2. The van der Waals surface area contributed by atoms with Gasteiger partial charge in [-0.2, -0.15) is 0 Å². The number of hydrogen-bond donors (Lipinski definition) is 3. The fourth-order valence-corrected chi connectivity index (χ4v) is 7.66. The van der Waals surface area contributed by atoms with E-state index >= 15 is 4.39 Å². The number of H-pyrrole nitrogens is 1. The smallest absolute Gasteiger partial charge is 0.410 e. The lowest BCUT2D eigenvalue weighted by Gasteiger charge is -2.37. The topological polar surface area (TPSA) is 133 Å². The zero-order valence-corrected chi connectivity index (χ0v) is 34.0. The average Bonchev–Trinajstić information content (AvgIpc) is 3.61. The number of ether oxygens (including phenoxy) is 2. The van der Waals surface area contributed by atoms with Crippen LogP contribution in [0, 0.1) is 18.6 Å². The molecule has 58 heavy (non-hydrogen) atoms. The molecular formula is C45H52F2N6O5. The Labute approximate surface area is 337 Å². The van der Waals surface area contributed by atoms with Crippen molar-refractivity contribution in [3.05, 3.63) is 101 Å². The molecule has 0 bridgehead atoms. The maximum absolute atomic E-state index is 15.1. The summed E-state index contributed by atoms with van der Waals surface area (Å²) in [5.41, 5.74) is 3.54. The first-order valence-electron chi connectivity index (χ1n) is 19.9. The summed E-state index contributed by atoms with van der Waals surface area (Å²) < 4.78 is 42.1. The molecular weight excluding hydrogens is 743 g/mol. The van der Waals surface area contributed by atoms with Crippen molar-refractivity contribution in [1.82, 2.24) is 24.8 Å². The summed E-state index contributed by atoms with van der Waals surface area (Å²) in [6, 6.07) is 16.8. The number of hydrogen-bond acceptors (Lipinski definition) is 8. The molecule has 7 rings (SSSR count). The molecule has 0 spiro atoms. The second-order valence-corrected chi connectivity index (χ2v) is 17.0. The molecule has 2 aliphatic heterocycles. The molecule has 2 amide bonds. The van der Waals surface area contributed by atoms with Crippen molar-refractivity contribution < 1.29 is 33.0 Å². The number of amides is 2. The van der Waals surface area contributed by atoms with Gasteiger partial charge in [0.15, 0.2) is 0 Å². The molecule has 3 N–H and O–H groups in total. The molecule has 306 valence electrons. The molecule has 3 aromatic carbocycles. The highest BCUT2D eigenvalue weighted by Gasteiger charge is 2.30. The molecule has 2 fully saturated rings. The Balaban J connectivity index is 0.969. The van der Waals surface area contributed by atoms with Crippen LogP contribution in [-0.4, -0.2) is 85.8 Å². The number of anilines is 1. The number of benzene rings is 3. The molecule has 11 nitrogen and oxygen atoms in total. The van der Waals surface area contributed by atoms with Crippen molar-refractivity contribution in [2.45, 2.75) is 97.2 Å². The van der Waals surface area contributed by atoms with Crippen LogP contribution in [0.4, 0.5) is 19.3 Å². The summed E-state index contributed by atoms with van der Waals surface area (Å²) in [5.74, 6) is -2.14. The zero-order valence-electron chi connectivity index (χ0n) is 34.0. The number of nitrogens with zero attached hydrogens (tertiary/aromatic N) is 4. The van der Waals surface area contributed by atoms with Crippen molar-refractivity contribution in [2.75, 3.05) is 31.5 Å². The minimum atomic E-state index is -1.28. The van der Waals surface area contributed by atoms with E-state index in [-0.39, 0.29) is 29.6 Å². The Kier molecular flexibility index (Phi) is 11.7. The summed E-state index contributed by atoms with van der Waals surface area (Å²) in [6.07, 6.45) is 5.14. The number of rotatable bonds is 9. The van der Waals surface area contributed by atoms with Crippen molar-refractivity contribution >= 4 is 28.7 Å². The van der Waals surface area contributed by atoms with Crippen molar-refractivity contribution in [3.8, 4) is 22.5 Å². The van der Waals surface area contributed by atoms with Crippen molar-refractivity contribution in [3.63, 3.8) is 0 Å². The first-order chi connectivity index (χ1) is 27.5. The highest BCUT2D eigenvalue weighted by Crippen LogP contribution is 2.35. The van der Waals surface area contributed by atoms with Gasteiger partial charge in [-0.25, -0.2) is 23.5 Å². The normalized spacial score (nSPS) is 16.2. The van der Waals surface area contributed by atoms with Crippen LogP contribution in [0.5, 0.6) is 0 Å². The Morgan fingerprint density at radius 3 is 2.21 bits per heavy atom. The molecule has 2 aromatic heterocycles. The average molecular weight is 795 g/mol. The second-order valence-electron chi connectivity index (χ2n) is 17.0. The van der Waals surface area contributed by atoms with Crippen LogP contribution in [0.1, 0.15) is 87.4 Å². The van der Waals surface area contributed by atoms with E-state index in [0.717, 1.165) is 62.6 Å². The molecule has 5 aromatic rings. The molecule has 2 saturated heterocycles. The lowest BCUT2D eigenvalue weighted by atomic mass is 9.96. The van der Waals surface area contributed by atoms with Gasteiger partial charge in [0.25, 0.3) is 5.91 Å². The third-order valence-electron chi connectivity index (χ3n) is 10.9. The number of aromatic nitrogens is 3. The quantitative estimate of drug-likeness (QED) is 0.135. The molecule has 13 heteroatoms. The van der Waals surface area contributed by atoms with E-state index in [1.54, 1.807) is 11.8 Å². The number of piperidine rings is 2. The molecule has 0 aliphatic carbocycles. The van der Waals surface area contributed by atoms with E-state index in [0.29, 0.717) is 46.5 Å². The number of nitrogens with one attached hydrogen (secondary N) is 2. The van der Waals surface area contributed by atoms with Gasteiger partial charge in [-0.15, -0.1) is 0 Å². The number of carbonyl (C=O) groups is 2. The summed E-state index contributed by atoms with van der Waals surface area (Å²) >= 11 is 0. The summed E-state index contributed by atoms with van der Waals surface area (Å²) in [7, 11) is 0. The van der Waals surface area contributed by atoms with Gasteiger partial charge in [-0.3, -0.25) is 9.69 Å². The highest BCUT2D eigenvalue weighted by atomic mass is 19.1. The van der Waals surface area contributed by atoms with Gasteiger partial charge in [0.1, 0.15) is 29.2 Å². The minimum absolute atomic E-state index is 0.167. The highest BCUT2D eigenvalue weighted by molar-refractivity contribution is 6.06. The molecule has 0 atom stereocenters. The SMILES string of the molecule is Cc1c(NC(=O)c2ccc(C(C)(C)O)cc2F)cc(F)cc1-c1ncnc2[nH]c(-c3ccc(CN4CCC(OC5CCN(C(=O)OC(C)(C)C)CC5)CC4)cc3)cc12. The summed E-state index contributed by atoms with van der Waals surface area (Å²) in [6.45, 7) is 14.5. The van der Waals surface area contributed by atoms with Crippen molar-refractivity contribution in [1.29, 1.82) is 0 Å². The van der Waals surface area contributed by atoms with E-state index < -0.39 is 28.7 Å². The van der Waals surface area contributed by atoms with Gasteiger partial charge in [-0.1, -0.05) is 30.3 Å². The predicted octanol–water partition coefficient (Wildman–Crippen LogP) is 8.74. The van der Waals surface area contributed by atoms with Crippen LogP contribution < -0.4 is 5.32 Å². The number of halogens is 2. The maximum atomic E-state index is 15.1. The standard InChI is InChI=1S/C45H52F2N6O5/c1-27-35(22-31(46)23-38(27)51-42(54)34-12-11-30(21-37(34)47)45(5,6)56)40-36-24-39(50-41(36)49-26-48-40)29-9-7-28(8-10-29)25-52-17-13-32(14-18-52)57-33-15-19-53(20-16-33)43(55)58-44(2,3)4/h7-12,21-24,26,32-33,56H,13-20,25H2,1-6H3,(H,51,54)(H,48,49,50). The number of aromatic amines is 1. The number of aliphatic hydroxyl groups is 1. The maximum Gasteiger partial charge on any atom is 0.410 e. The van der Waals surface area contributed by atoms with Gasteiger partial charge >= 0.3 is 6.09 Å². The van der Waals surface area contributed by atoms with Crippen LogP contribution in [0.25, 0.3) is 33.5 Å². The molecule has 0 unspecified atom stereocenters. The van der Waals surface area contributed by atoms with Gasteiger partial charge in [0.05, 0.1) is 29.1 Å². The second kappa shape index (κ2) is 16.6. The van der Waals surface area contributed by atoms with E-state index in [1.807, 2.05) is 26.8 Å². The van der Waals surface area contributed by atoms with Crippen LogP contribution in [0.2, 0.25) is 0 Å². The molecule has 4 heterocycles. The third-order valence-corrected chi connectivity index (χ3v) is 10.9. The van der Waals surface area contributed by atoms with Gasteiger partial charge < -0.3 is 29.8 Å². The van der Waals surface area contributed by atoms with Gasteiger partial charge in [0, 0.05) is 55.1 Å². The van der Waals surface area contributed by atoms with E-state index in [1.165, 1.54) is 50.0 Å². The summed E-state index contributed by atoms with van der Waals surface area (Å²) in [4.78, 5) is 42.2. The predicted molar refractivity (Wildman–Crippen MR) is 219 cm³/mol. The lowest BCUT2D eigenvalue weighted by Crippen LogP contribution is -2.45. The van der Waals surface area contributed by atoms with E-state index in [4.69, 9.17) is 9.47 Å². The van der Waals surface area contributed by atoms with E-state index in [2.05, 4.69) is 49.4 Å². The Bertz CT molecular complexity index is 2280. The minimum Gasteiger partial charge on any atom is -0.444 e. The Hall–Kier alpha value is -5.24. The lowest BCUT2D eigenvalue weighted by molar-refractivity contribution is -0.0669.